The van der Waals surface area contributed by atoms with Crippen molar-refractivity contribution in [3.8, 4) is 5.75 Å². The first-order valence-electron chi connectivity index (χ1n) is 11.7. The van der Waals surface area contributed by atoms with Crippen molar-refractivity contribution in [1.82, 2.24) is 21.3 Å². The maximum Gasteiger partial charge on any atom is 0.242 e. The second kappa shape index (κ2) is 18.6. The van der Waals surface area contributed by atoms with E-state index in [4.69, 9.17) is 5.73 Å². The minimum absolute atomic E-state index is 0.125. The molecule has 0 radical (unpaired) electrons. The van der Waals surface area contributed by atoms with Crippen molar-refractivity contribution in [2.24, 2.45) is 5.73 Å². The molecule has 0 aliphatic heterocycles. The van der Waals surface area contributed by atoms with Crippen molar-refractivity contribution in [3.63, 3.8) is 0 Å². The predicted octanol–water partition coefficient (Wildman–Crippen LogP) is 2.24. The number of rotatable bonds is 18. The van der Waals surface area contributed by atoms with Gasteiger partial charge in [0.1, 0.15) is 11.8 Å². The number of unbranched alkanes of at least 4 members (excludes halogenated alkanes) is 1. The lowest BCUT2D eigenvalue weighted by molar-refractivity contribution is -0.129. The zero-order valence-corrected chi connectivity index (χ0v) is 23.8. The first kappa shape index (κ1) is 30.3. The van der Waals surface area contributed by atoms with Crippen LogP contribution in [-0.4, -0.2) is 62.2 Å². The molecule has 0 unspecified atom stereocenters. The molecule has 0 saturated carbocycles. The van der Waals surface area contributed by atoms with Crippen LogP contribution in [0, 0.1) is 7.14 Å². The fourth-order valence-corrected chi connectivity index (χ4v) is 5.10. The topological polar surface area (TPSA) is 129 Å². The van der Waals surface area contributed by atoms with Gasteiger partial charge < -0.3 is 32.1 Å². The summed E-state index contributed by atoms with van der Waals surface area (Å²) in [7, 11) is 0. The molecule has 188 valence electrons. The Hall–Kier alpha value is -0.700. The molecule has 0 aliphatic carbocycles. The van der Waals surface area contributed by atoms with E-state index < -0.39 is 6.04 Å². The number of hydrogen-bond acceptors (Lipinski definition) is 6. The van der Waals surface area contributed by atoms with E-state index in [1.807, 2.05) is 19.1 Å². The number of benzene rings is 1. The van der Waals surface area contributed by atoms with Gasteiger partial charge in [0.15, 0.2) is 0 Å². The Bertz CT molecular complexity index is 698. The van der Waals surface area contributed by atoms with Crippen LogP contribution in [0.3, 0.4) is 0 Å². The Morgan fingerprint density at radius 1 is 0.970 bits per heavy atom. The number of hydrogen-bond donors (Lipinski definition) is 6. The molecule has 0 fully saturated rings. The van der Waals surface area contributed by atoms with Gasteiger partial charge in [-0.3, -0.25) is 9.59 Å². The lowest BCUT2D eigenvalue weighted by atomic mass is 10.0. The zero-order valence-electron chi connectivity index (χ0n) is 19.5. The summed E-state index contributed by atoms with van der Waals surface area (Å²) in [5, 5.41) is 22.6. The summed E-state index contributed by atoms with van der Waals surface area (Å²) in [5.41, 5.74) is 6.36. The van der Waals surface area contributed by atoms with E-state index in [1.54, 1.807) is 0 Å². The Kier molecular flexibility index (Phi) is 17.1. The predicted molar refractivity (Wildman–Crippen MR) is 150 cm³/mol. The molecule has 1 rings (SSSR count). The summed E-state index contributed by atoms with van der Waals surface area (Å²) < 4.78 is 1.46. The van der Waals surface area contributed by atoms with Gasteiger partial charge in [-0.25, -0.2) is 0 Å². The molecule has 10 heteroatoms. The number of nitrogens with two attached hydrogens (primary N) is 1. The molecule has 0 bridgehead atoms. The largest absolute Gasteiger partial charge is 0.506 e. The van der Waals surface area contributed by atoms with Gasteiger partial charge in [-0.2, -0.15) is 0 Å². The van der Waals surface area contributed by atoms with Crippen LogP contribution in [0.5, 0.6) is 5.75 Å². The highest BCUT2D eigenvalue weighted by Gasteiger charge is 2.21. The van der Waals surface area contributed by atoms with E-state index in [2.05, 4.69) is 66.4 Å². The third-order valence-corrected chi connectivity index (χ3v) is 6.63. The van der Waals surface area contributed by atoms with Gasteiger partial charge in [0.25, 0.3) is 0 Å². The Labute approximate surface area is 225 Å². The second-order valence-corrected chi connectivity index (χ2v) is 10.3. The Morgan fingerprint density at radius 2 is 1.55 bits per heavy atom. The molecule has 0 saturated heterocycles. The smallest absolute Gasteiger partial charge is 0.242 e. The van der Waals surface area contributed by atoms with Crippen molar-refractivity contribution < 1.29 is 14.7 Å². The summed E-state index contributed by atoms with van der Waals surface area (Å²) in [5.74, 6) is -0.0626. The highest BCUT2D eigenvalue weighted by atomic mass is 125. The molecule has 0 spiro atoms. The van der Waals surface area contributed by atoms with E-state index in [0.29, 0.717) is 19.4 Å². The molecule has 1 aromatic rings. The highest BCUT2D eigenvalue weighted by Crippen LogP contribution is 2.27. The number of carbonyl (C=O) groups excluding carboxylic acids is 2. The van der Waals surface area contributed by atoms with Crippen LogP contribution in [0.25, 0.3) is 0 Å². The highest BCUT2D eigenvalue weighted by molar-refractivity contribution is 14.1. The van der Waals surface area contributed by atoms with Crippen molar-refractivity contribution in [2.45, 2.75) is 57.9 Å². The molecule has 0 heterocycles. The van der Waals surface area contributed by atoms with E-state index in [1.165, 1.54) is 0 Å². The van der Waals surface area contributed by atoms with E-state index in [-0.39, 0.29) is 17.6 Å². The standard InChI is InChI=1S/C23H39I2N5O3/c1-2-7-21(31)30-20(16-17-14-18(24)22(32)19(25)15-17)23(33)29-13-6-12-28-10-4-3-9-27-11-5-8-26/h14-15,20,27-28,32H,2-13,16,26H2,1H3,(H,29,33)(H,30,31)/t20-/m0/s1/i24-2,25-2. The van der Waals surface area contributed by atoms with Crippen LogP contribution in [0.1, 0.15) is 51.0 Å². The zero-order chi connectivity index (χ0) is 24.5. The van der Waals surface area contributed by atoms with Gasteiger partial charge in [0, 0.05) is 19.4 Å². The van der Waals surface area contributed by atoms with Crippen molar-refractivity contribution >= 4 is 57.0 Å². The lowest BCUT2D eigenvalue weighted by Crippen LogP contribution is -2.48. The number of nitrogens with one attached hydrogen (secondary N) is 4. The second-order valence-electron chi connectivity index (χ2n) is 7.98. The Balaban J connectivity index is 2.39. The van der Waals surface area contributed by atoms with Crippen LogP contribution in [-0.2, 0) is 16.0 Å². The third kappa shape index (κ3) is 13.7. The quantitative estimate of drug-likeness (QED) is 0.104. The molecule has 0 aliphatic rings. The minimum atomic E-state index is -0.639. The monoisotopic (exact) mass is 683 g/mol. The van der Waals surface area contributed by atoms with Crippen molar-refractivity contribution in [2.75, 3.05) is 39.3 Å². The lowest BCUT2D eigenvalue weighted by Gasteiger charge is -2.19. The Morgan fingerprint density at radius 3 is 2.12 bits per heavy atom. The van der Waals surface area contributed by atoms with Gasteiger partial charge in [0.05, 0.1) is 7.14 Å². The van der Waals surface area contributed by atoms with Crippen LogP contribution in [0.4, 0.5) is 0 Å². The average molecular weight is 683 g/mol. The number of halogens is 2. The van der Waals surface area contributed by atoms with Gasteiger partial charge in [0.2, 0.25) is 11.8 Å². The van der Waals surface area contributed by atoms with Gasteiger partial charge >= 0.3 is 0 Å². The van der Waals surface area contributed by atoms with Crippen LogP contribution < -0.4 is 27.0 Å². The maximum atomic E-state index is 12.8. The summed E-state index contributed by atoms with van der Waals surface area (Å²) in [6, 6.07) is 3.06. The first-order valence-corrected chi connectivity index (χ1v) is 13.9. The van der Waals surface area contributed by atoms with Gasteiger partial charge in [-0.05, 0) is 128 Å². The molecular formula is C23H39I2N5O3. The number of aromatic hydroxyl groups is 1. The number of phenols is 1. The third-order valence-electron chi connectivity index (χ3n) is 4.99. The summed E-state index contributed by atoms with van der Waals surface area (Å²) in [6.45, 7) is 7.01. The number of phenolic OH excluding ortho intramolecular Hbond substituents is 1. The molecule has 8 nitrogen and oxygen atoms in total. The molecule has 1 aromatic carbocycles. The molecule has 7 N–H and O–H groups in total. The summed E-state index contributed by atoms with van der Waals surface area (Å²) >= 11 is 4.14. The van der Waals surface area contributed by atoms with E-state index >= 15 is 0 Å². The van der Waals surface area contributed by atoms with Gasteiger partial charge in [-0.1, -0.05) is 6.92 Å². The number of amides is 2. The molecular weight excluding hydrogens is 644 g/mol. The summed E-state index contributed by atoms with van der Waals surface area (Å²) in [4.78, 5) is 24.9. The van der Waals surface area contributed by atoms with Crippen LogP contribution >= 0.6 is 45.2 Å². The normalized spacial score (nSPS) is 11.9. The molecule has 1 atom stereocenters. The molecule has 33 heavy (non-hydrogen) atoms. The average Bonchev–Trinajstić information content (AvgIpc) is 2.77. The van der Waals surface area contributed by atoms with Crippen molar-refractivity contribution in [3.05, 3.63) is 24.8 Å². The van der Waals surface area contributed by atoms with E-state index in [9.17, 15) is 14.7 Å². The van der Waals surface area contributed by atoms with Crippen LogP contribution in [0.2, 0.25) is 0 Å². The maximum absolute atomic E-state index is 12.8. The summed E-state index contributed by atoms with van der Waals surface area (Å²) in [6.07, 6.45) is 5.57. The fraction of sp³-hybridized carbons (Fsp3) is 0.652. The molecule has 2 amide bonds. The van der Waals surface area contributed by atoms with Gasteiger partial charge in [-0.15, -0.1) is 0 Å². The van der Waals surface area contributed by atoms with Crippen LogP contribution in [0.15, 0.2) is 12.1 Å². The molecule has 0 aromatic heterocycles. The fourth-order valence-electron chi connectivity index (χ4n) is 3.20. The van der Waals surface area contributed by atoms with E-state index in [0.717, 1.165) is 77.5 Å². The minimum Gasteiger partial charge on any atom is -0.506 e. The van der Waals surface area contributed by atoms with Crippen molar-refractivity contribution in [1.29, 1.82) is 0 Å². The number of carbonyl (C=O) groups is 2. The SMILES string of the molecule is CCCC(=O)N[C@@H](Cc1cc([125I])c(O)c([125I])c1)C(=O)NCCCNCCCCNCCCN. The first-order chi connectivity index (χ1) is 15.9.